The van der Waals surface area contributed by atoms with Gasteiger partial charge < -0.3 is 10.1 Å². The van der Waals surface area contributed by atoms with Crippen LogP contribution in [0.15, 0.2) is 27.6 Å². The minimum atomic E-state index is -3.59. The number of rotatable bonds is 8. The van der Waals surface area contributed by atoms with Gasteiger partial charge in [-0.05, 0) is 46.6 Å². The summed E-state index contributed by atoms with van der Waals surface area (Å²) in [6.45, 7) is 4.94. The highest BCUT2D eigenvalue weighted by atomic mass is 79.9. The predicted molar refractivity (Wildman–Crippen MR) is 87.7 cm³/mol. The van der Waals surface area contributed by atoms with Crippen molar-refractivity contribution in [3.8, 4) is 0 Å². The van der Waals surface area contributed by atoms with Crippen molar-refractivity contribution in [2.24, 2.45) is 5.92 Å². The Kier molecular flexibility index (Phi) is 7.29. The number of sulfonamides is 1. The number of ether oxygens (including phenoxy) is 1. The first-order chi connectivity index (χ1) is 9.81. The molecule has 1 aromatic carbocycles. The van der Waals surface area contributed by atoms with Gasteiger partial charge in [0, 0.05) is 24.2 Å². The lowest BCUT2D eigenvalue weighted by Gasteiger charge is -2.22. The SMILES string of the molecule is CNCc1ccc(S(=O)(=O)NC(COC)C(C)C)c(Br)c1. The average molecular weight is 379 g/mol. The third kappa shape index (κ3) is 5.34. The highest BCUT2D eigenvalue weighted by Gasteiger charge is 2.24. The van der Waals surface area contributed by atoms with Gasteiger partial charge in [0.15, 0.2) is 0 Å². The summed E-state index contributed by atoms with van der Waals surface area (Å²) in [5.74, 6) is 0.141. The lowest BCUT2D eigenvalue weighted by Crippen LogP contribution is -2.41. The second-order valence-corrected chi connectivity index (χ2v) is 7.76. The molecule has 0 aliphatic rings. The molecule has 120 valence electrons. The van der Waals surface area contributed by atoms with Crippen LogP contribution in [0.4, 0.5) is 0 Å². The van der Waals surface area contributed by atoms with Gasteiger partial charge in [0.1, 0.15) is 0 Å². The van der Waals surface area contributed by atoms with E-state index in [9.17, 15) is 8.42 Å². The van der Waals surface area contributed by atoms with Crippen LogP contribution in [-0.4, -0.2) is 35.2 Å². The van der Waals surface area contributed by atoms with Gasteiger partial charge in [0.05, 0.1) is 11.5 Å². The minimum Gasteiger partial charge on any atom is -0.383 e. The summed E-state index contributed by atoms with van der Waals surface area (Å²) < 4.78 is 33.3. The van der Waals surface area contributed by atoms with E-state index in [2.05, 4.69) is 26.0 Å². The molecule has 0 amide bonds. The second kappa shape index (κ2) is 8.24. The van der Waals surface area contributed by atoms with E-state index < -0.39 is 10.0 Å². The van der Waals surface area contributed by atoms with E-state index in [0.29, 0.717) is 17.6 Å². The number of halogens is 1. The molecular formula is C14H23BrN2O3S. The third-order valence-corrected chi connectivity index (χ3v) is 5.59. The fourth-order valence-electron chi connectivity index (χ4n) is 1.88. The van der Waals surface area contributed by atoms with Gasteiger partial charge in [-0.1, -0.05) is 19.9 Å². The molecule has 0 heterocycles. The monoisotopic (exact) mass is 378 g/mol. The molecule has 2 N–H and O–H groups in total. The second-order valence-electron chi connectivity index (χ2n) is 5.22. The maximum atomic E-state index is 12.5. The van der Waals surface area contributed by atoms with Crippen molar-refractivity contribution in [2.45, 2.75) is 31.3 Å². The number of hydrogen-bond donors (Lipinski definition) is 2. The van der Waals surface area contributed by atoms with E-state index in [-0.39, 0.29) is 16.9 Å². The topological polar surface area (TPSA) is 67.4 Å². The van der Waals surface area contributed by atoms with Crippen LogP contribution in [0, 0.1) is 5.92 Å². The molecule has 0 fully saturated rings. The Balaban J connectivity index is 3.01. The Morgan fingerprint density at radius 2 is 2.00 bits per heavy atom. The Bertz CT molecular complexity index is 561. The molecule has 21 heavy (non-hydrogen) atoms. The zero-order valence-electron chi connectivity index (χ0n) is 12.8. The average Bonchev–Trinajstić information content (AvgIpc) is 2.38. The molecule has 1 rings (SSSR count). The predicted octanol–water partition coefficient (Wildman–Crippen LogP) is 2.12. The highest BCUT2D eigenvalue weighted by Crippen LogP contribution is 2.24. The Hall–Kier alpha value is -0.470. The first-order valence-electron chi connectivity index (χ1n) is 6.76. The van der Waals surface area contributed by atoms with E-state index in [4.69, 9.17) is 4.74 Å². The fourth-order valence-corrected chi connectivity index (χ4v) is 4.38. The Morgan fingerprint density at radius 1 is 1.33 bits per heavy atom. The molecule has 0 radical (unpaired) electrons. The van der Waals surface area contributed by atoms with Crippen LogP contribution in [0.1, 0.15) is 19.4 Å². The fraction of sp³-hybridized carbons (Fsp3) is 0.571. The first-order valence-corrected chi connectivity index (χ1v) is 9.03. The van der Waals surface area contributed by atoms with Gasteiger partial charge in [-0.25, -0.2) is 13.1 Å². The van der Waals surface area contributed by atoms with Crippen LogP contribution >= 0.6 is 15.9 Å². The number of benzene rings is 1. The van der Waals surface area contributed by atoms with E-state index in [1.807, 2.05) is 27.0 Å². The third-order valence-electron chi connectivity index (χ3n) is 3.12. The maximum Gasteiger partial charge on any atom is 0.242 e. The van der Waals surface area contributed by atoms with Crippen molar-refractivity contribution in [3.63, 3.8) is 0 Å². The van der Waals surface area contributed by atoms with E-state index >= 15 is 0 Å². The molecule has 1 unspecified atom stereocenters. The van der Waals surface area contributed by atoms with Gasteiger partial charge in [0.25, 0.3) is 0 Å². The zero-order chi connectivity index (χ0) is 16.0. The smallest absolute Gasteiger partial charge is 0.242 e. The van der Waals surface area contributed by atoms with Crippen molar-refractivity contribution in [3.05, 3.63) is 28.2 Å². The summed E-state index contributed by atoms with van der Waals surface area (Å²) in [5.41, 5.74) is 1.01. The van der Waals surface area contributed by atoms with Crippen molar-refractivity contribution >= 4 is 26.0 Å². The number of hydrogen-bond acceptors (Lipinski definition) is 4. The molecule has 0 spiro atoms. The van der Waals surface area contributed by atoms with Gasteiger partial charge in [0.2, 0.25) is 10.0 Å². The van der Waals surface area contributed by atoms with Crippen LogP contribution in [0.2, 0.25) is 0 Å². The van der Waals surface area contributed by atoms with Crippen LogP contribution < -0.4 is 10.0 Å². The number of methoxy groups -OCH3 is 1. The maximum absolute atomic E-state index is 12.5. The normalized spacial score (nSPS) is 13.6. The summed E-state index contributed by atoms with van der Waals surface area (Å²) >= 11 is 3.34. The lowest BCUT2D eigenvalue weighted by atomic mass is 10.1. The molecule has 0 aliphatic heterocycles. The molecule has 0 saturated heterocycles. The van der Waals surface area contributed by atoms with Gasteiger partial charge >= 0.3 is 0 Å². The van der Waals surface area contributed by atoms with Crippen LogP contribution in [-0.2, 0) is 21.3 Å². The Labute approximate surface area is 135 Å². The largest absolute Gasteiger partial charge is 0.383 e. The molecule has 0 aromatic heterocycles. The first kappa shape index (κ1) is 18.6. The molecule has 1 aromatic rings. The molecule has 5 nitrogen and oxygen atoms in total. The van der Waals surface area contributed by atoms with Crippen LogP contribution in [0.25, 0.3) is 0 Å². The zero-order valence-corrected chi connectivity index (χ0v) is 15.2. The molecule has 0 aliphatic carbocycles. The minimum absolute atomic E-state index is 0.141. The van der Waals surface area contributed by atoms with Gasteiger partial charge in [-0.2, -0.15) is 0 Å². The summed E-state index contributed by atoms with van der Waals surface area (Å²) in [4.78, 5) is 0.240. The van der Waals surface area contributed by atoms with Gasteiger partial charge in [-0.3, -0.25) is 0 Å². The van der Waals surface area contributed by atoms with E-state index in [1.165, 1.54) is 0 Å². The summed E-state index contributed by atoms with van der Waals surface area (Å²) in [6.07, 6.45) is 0. The van der Waals surface area contributed by atoms with Crippen molar-refractivity contribution in [1.82, 2.24) is 10.0 Å². The van der Waals surface area contributed by atoms with E-state index in [1.54, 1.807) is 19.2 Å². The number of nitrogens with one attached hydrogen (secondary N) is 2. The molecule has 7 heteroatoms. The van der Waals surface area contributed by atoms with Crippen molar-refractivity contribution in [1.29, 1.82) is 0 Å². The summed E-state index contributed by atoms with van der Waals surface area (Å²) in [6, 6.07) is 4.97. The molecule has 0 saturated carbocycles. The van der Waals surface area contributed by atoms with Gasteiger partial charge in [-0.15, -0.1) is 0 Å². The highest BCUT2D eigenvalue weighted by molar-refractivity contribution is 9.10. The summed E-state index contributed by atoms with van der Waals surface area (Å²) in [5, 5.41) is 3.03. The lowest BCUT2D eigenvalue weighted by molar-refractivity contribution is 0.157. The quantitative estimate of drug-likeness (QED) is 0.726. The van der Waals surface area contributed by atoms with Crippen LogP contribution in [0.3, 0.4) is 0 Å². The van der Waals surface area contributed by atoms with Crippen LogP contribution in [0.5, 0.6) is 0 Å². The van der Waals surface area contributed by atoms with Crippen molar-refractivity contribution in [2.75, 3.05) is 20.8 Å². The molecule has 0 bridgehead atoms. The molecular weight excluding hydrogens is 356 g/mol. The summed E-state index contributed by atoms with van der Waals surface area (Å²) in [7, 11) is -0.179. The van der Waals surface area contributed by atoms with Crippen molar-refractivity contribution < 1.29 is 13.2 Å². The standard InChI is InChI=1S/C14H23BrN2O3S/c1-10(2)13(9-20-4)17-21(18,19)14-6-5-11(8-16-3)7-12(14)15/h5-7,10,13,16-17H,8-9H2,1-4H3. The molecule has 1 atom stereocenters. The Morgan fingerprint density at radius 3 is 2.48 bits per heavy atom. The van der Waals surface area contributed by atoms with E-state index in [0.717, 1.165) is 5.56 Å².